The van der Waals surface area contributed by atoms with Gasteiger partial charge in [0.2, 0.25) is 0 Å². The van der Waals surface area contributed by atoms with Crippen molar-refractivity contribution in [1.82, 2.24) is 0 Å². The van der Waals surface area contributed by atoms with Gasteiger partial charge in [0.25, 0.3) is 0 Å². The quantitative estimate of drug-likeness (QED) is 0.233. The van der Waals surface area contributed by atoms with E-state index < -0.39 is 0 Å². The summed E-state index contributed by atoms with van der Waals surface area (Å²) >= 11 is 1.46. The monoisotopic (exact) mass is 209 g/mol. The molecule has 0 saturated carbocycles. The van der Waals surface area contributed by atoms with Crippen molar-refractivity contribution in [2.75, 3.05) is 12.9 Å². The molecule has 0 amide bonds. The Kier molecular flexibility index (Phi) is 6.74. The molecule has 0 unspecified atom stereocenters. The molecule has 0 fully saturated rings. The molecule has 0 rings (SSSR count). The molecule has 0 aliphatic rings. The SMILES string of the molecule is C#CCSC(=NC(C)C)C(=C=C)OC. The second-order valence-corrected chi connectivity index (χ2v) is 3.69. The molecule has 0 aromatic carbocycles. The molecule has 0 bridgehead atoms. The van der Waals surface area contributed by atoms with Crippen molar-refractivity contribution in [1.29, 1.82) is 0 Å². The highest BCUT2D eigenvalue weighted by molar-refractivity contribution is 8.14. The molecule has 0 spiro atoms. The fourth-order valence-corrected chi connectivity index (χ4v) is 1.53. The Bertz CT molecular complexity index is 293. The molecular formula is C11H15NOS. The van der Waals surface area contributed by atoms with E-state index in [9.17, 15) is 0 Å². The molecule has 14 heavy (non-hydrogen) atoms. The second kappa shape index (κ2) is 7.32. The van der Waals surface area contributed by atoms with Crippen LogP contribution in [-0.4, -0.2) is 23.9 Å². The Morgan fingerprint density at radius 3 is 2.64 bits per heavy atom. The summed E-state index contributed by atoms with van der Waals surface area (Å²) < 4.78 is 5.08. The van der Waals surface area contributed by atoms with E-state index in [1.165, 1.54) is 11.8 Å². The first-order valence-electron chi connectivity index (χ1n) is 4.24. The first kappa shape index (κ1) is 12.9. The van der Waals surface area contributed by atoms with Gasteiger partial charge in [0.05, 0.1) is 12.9 Å². The van der Waals surface area contributed by atoms with Gasteiger partial charge in [-0.1, -0.05) is 30.0 Å². The number of terminal acetylenes is 1. The minimum Gasteiger partial charge on any atom is -0.487 e. The van der Waals surface area contributed by atoms with Gasteiger partial charge in [-0.2, -0.15) is 0 Å². The Morgan fingerprint density at radius 2 is 2.29 bits per heavy atom. The Balaban J connectivity index is 4.73. The van der Waals surface area contributed by atoms with Crippen LogP contribution in [0.1, 0.15) is 13.8 Å². The Labute approximate surface area is 90.1 Å². The largest absolute Gasteiger partial charge is 0.487 e. The topological polar surface area (TPSA) is 21.6 Å². The van der Waals surface area contributed by atoms with Crippen LogP contribution in [0.3, 0.4) is 0 Å². The number of nitrogens with zero attached hydrogens (tertiary/aromatic N) is 1. The molecule has 76 valence electrons. The van der Waals surface area contributed by atoms with E-state index in [0.29, 0.717) is 11.5 Å². The number of hydrogen-bond donors (Lipinski definition) is 0. The summed E-state index contributed by atoms with van der Waals surface area (Å²) in [5.41, 5.74) is 2.69. The third-order valence-electron chi connectivity index (χ3n) is 1.23. The highest BCUT2D eigenvalue weighted by Gasteiger charge is 2.07. The molecule has 2 nitrogen and oxygen atoms in total. The summed E-state index contributed by atoms with van der Waals surface area (Å²) in [4.78, 5) is 4.38. The van der Waals surface area contributed by atoms with Crippen LogP contribution in [0.25, 0.3) is 0 Å². The summed E-state index contributed by atoms with van der Waals surface area (Å²) in [6, 6.07) is 0.203. The molecule has 0 aliphatic carbocycles. The molecule has 0 saturated heterocycles. The zero-order valence-electron chi connectivity index (χ0n) is 8.83. The van der Waals surface area contributed by atoms with Crippen LogP contribution in [0.2, 0.25) is 0 Å². The summed E-state index contributed by atoms with van der Waals surface area (Å²) in [5, 5.41) is 0.760. The van der Waals surface area contributed by atoms with Crippen molar-refractivity contribution in [3.8, 4) is 12.3 Å². The summed E-state index contributed by atoms with van der Waals surface area (Å²) in [7, 11) is 1.57. The third-order valence-corrected chi connectivity index (χ3v) is 2.10. The molecule has 0 atom stereocenters. The minimum atomic E-state index is 0.203. The highest BCUT2D eigenvalue weighted by atomic mass is 32.2. The number of thioether (sulfide) groups is 1. The molecular weight excluding hydrogens is 194 g/mol. The van der Waals surface area contributed by atoms with E-state index in [4.69, 9.17) is 11.2 Å². The van der Waals surface area contributed by atoms with Crippen LogP contribution in [0.15, 0.2) is 23.1 Å². The van der Waals surface area contributed by atoms with Crippen molar-refractivity contribution >= 4 is 16.8 Å². The van der Waals surface area contributed by atoms with E-state index in [2.05, 4.69) is 23.2 Å². The molecule has 0 aliphatic heterocycles. The van der Waals surface area contributed by atoms with Gasteiger partial charge in [0, 0.05) is 6.04 Å². The van der Waals surface area contributed by atoms with Gasteiger partial charge in [0.1, 0.15) is 5.04 Å². The first-order valence-corrected chi connectivity index (χ1v) is 5.22. The van der Waals surface area contributed by atoms with Crippen LogP contribution in [0.5, 0.6) is 0 Å². The zero-order chi connectivity index (χ0) is 11.0. The predicted octanol–water partition coefficient (Wildman–Crippen LogP) is 2.47. The average Bonchev–Trinajstić information content (AvgIpc) is 2.15. The van der Waals surface area contributed by atoms with E-state index in [1.807, 2.05) is 13.8 Å². The Morgan fingerprint density at radius 1 is 1.64 bits per heavy atom. The van der Waals surface area contributed by atoms with Crippen molar-refractivity contribution in [3.05, 3.63) is 18.1 Å². The third kappa shape index (κ3) is 4.81. The second-order valence-electron chi connectivity index (χ2n) is 2.73. The van der Waals surface area contributed by atoms with Gasteiger partial charge in [-0.3, -0.25) is 4.99 Å². The smallest absolute Gasteiger partial charge is 0.193 e. The lowest BCUT2D eigenvalue weighted by atomic mass is 10.4. The molecule has 0 aromatic rings. The van der Waals surface area contributed by atoms with Gasteiger partial charge in [0.15, 0.2) is 5.76 Å². The highest BCUT2D eigenvalue weighted by Crippen LogP contribution is 2.13. The van der Waals surface area contributed by atoms with Gasteiger partial charge < -0.3 is 4.74 Å². The number of aliphatic imine (C=N–C) groups is 1. The lowest BCUT2D eigenvalue weighted by Gasteiger charge is -2.07. The maximum Gasteiger partial charge on any atom is 0.193 e. The van der Waals surface area contributed by atoms with E-state index in [1.54, 1.807) is 7.11 Å². The molecule has 3 heteroatoms. The normalized spacial score (nSPS) is 10.6. The van der Waals surface area contributed by atoms with Crippen LogP contribution < -0.4 is 0 Å². The van der Waals surface area contributed by atoms with Gasteiger partial charge in [-0.25, -0.2) is 0 Å². The van der Waals surface area contributed by atoms with Crippen LogP contribution in [0.4, 0.5) is 0 Å². The first-order chi connectivity index (χ1) is 6.65. The molecule has 0 N–H and O–H groups in total. The fourth-order valence-electron chi connectivity index (χ4n) is 0.741. The van der Waals surface area contributed by atoms with E-state index in [-0.39, 0.29) is 6.04 Å². The van der Waals surface area contributed by atoms with Crippen molar-refractivity contribution in [2.24, 2.45) is 4.99 Å². The van der Waals surface area contributed by atoms with Gasteiger partial charge in [-0.05, 0) is 13.8 Å². The maximum atomic E-state index is 5.18. The average molecular weight is 209 g/mol. The summed E-state index contributed by atoms with van der Waals surface area (Å²) in [5.74, 6) is 3.66. The number of rotatable bonds is 4. The lowest BCUT2D eigenvalue weighted by Crippen LogP contribution is -2.04. The molecule has 0 heterocycles. The maximum absolute atomic E-state index is 5.18. The summed E-state index contributed by atoms with van der Waals surface area (Å²) in [6.07, 6.45) is 5.18. The van der Waals surface area contributed by atoms with Gasteiger partial charge >= 0.3 is 0 Å². The standard InChI is InChI=1S/C11H15NOS/c1-6-8-14-11(12-9(3)4)10(7-2)13-5/h1,9H,2,8H2,3-5H3. The van der Waals surface area contributed by atoms with Crippen molar-refractivity contribution in [2.45, 2.75) is 19.9 Å². The minimum absolute atomic E-state index is 0.203. The van der Waals surface area contributed by atoms with Crippen LogP contribution >= 0.6 is 11.8 Å². The number of hydrogen-bond acceptors (Lipinski definition) is 3. The number of ether oxygens (including phenoxy) is 1. The van der Waals surface area contributed by atoms with Crippen molar-refractivity contribution < 1.29 is 4.74 Å². The number of methoxy groups -OCH3 is 1. The summed E-state index contributed by atoms with van der Waals surface area (Å²) in [6.45, 7) is 7.52. The van der Waals surface area contributed by atoms with Gasteiger partial charge in [-0.15, -0.1) is 6.42 Å². The van der Waals surface area contributed by atoms with Crippen LogP contribution in [0, 0.1) is 12.3 Å². The lowest BCUT2D eigenvalue weighted by molar-refractivity contribution is 0.317. The zero-order valence-corrected chi connectivity index (χ0v) is 9.65. The van der Waals surface area contributed by atoms with Crippen molar-refractivity contribution in [3.63, 3.8) is 0 Å². The van der Waals surface area contributed by atoms with E-state index >= 15 is 0 Å². The Hall–Kier alpha value is -1.10. The van der Waals surface area contributed by atoms with E-state index in [0.717, 1.165) is 5.04 Å². The van der Waals surface area contributed by atoms with Crippen LogP contribution in [-0.2, 0) is 4.74 Å². The predicted molar refractivity (Wildman–Crippen MR) is 63.5 cm³/mol. The molecule has 0 radical (unpaired) electrons. The molecule has 0 aromatic heterocycles. The fraction of sp³-hybridized carbons (Fsp3) is 0.455.